The smallest absolute Gasteiger partial charge is 0.253 e. The number of amides is 3. The second-order valence-electron chi connectivity index (χ2n) is 10.0. The van der Waals surface area contributed by atoms with Gasteiger partial charge in [-0.1, -0.05) is 55.7 Å². The van der Waals surface area contributed by atoms with Crippen molar-refractivity contribution in [3.05, 3.63) is 66.2 Å². The molecule has 0 bridgehead atoms. The Bertz CT molecular complexity index is 1040. The molecule has 0 radical (unpaired) electrons. The third-order valence-electron chi connectivity index (χ3n) is 7.79. The van der Waals surface area contributed by atoms with Gasteiger partial charge < -0.3 is 20.0 Å². The van der Waals surface area contributed by atoms with Gasteiger partial charge in [-0.2, -0.15) is 0 Å². The first kappa shape index (κ1) is 23.4. The van der Waals surface area contributed by atoms with Gasteiger partial charge in [-0.3, -0.25) is 14.4 Å². The van der Waals surface area contributed by atoms with Crippen LogP contribution in [0.25, 0.3) is 0 Å². The van der Waals surface area contributed by atoms with Crippen LogP contribution in [0.2, 0.25) is 0 Å². The van der Waals surface area contributed by atoms with E-state index < -0.39 is 5.54 Å². The molecule has 2 heterocycles. The minimum Gasteiger partial charge on any atom is -0.352 e. The summed E-state index contributed by atoms with van der Waals surface area (Å²) in [6.45, 7) is 1.47. The van der Waals surface area contributed by atoms with Gasteiger partial charge in [0.25, 0.3) is 11.8 Å². The number of hydrogen-bond donors (Lipinski definition) is 1. The minimum atomic E-state index is -0.736. The first-order valence-electron chi connectivity index (χ1n) is 12.8. The van der Waals surface area contributed by atoms with Crippen LogP contribution in [-0.4, -0.2) is 65.4 Å². The summed E-state index contributed by atoms with van der Waals surface area (Å²) < 4.78 is 0. The second kappa shape index (κ2) is 10.1. The molecule has 184 valence electrons. The van der Waals surface area contributed by atoms with Gasteiger partial charge in [0.1, 0.15) is 12.1 Å². The van der Waals surface area contributed by atoms with Crippen LogP contribution in [0.4, 0.5) is 5.69 Å². The zero-order chi connectivity index (χ0) is 24.3. The van der Waals surface area contributed by atoms with E-state index in [1.165, 1.54) is 6.42 Å². The summed E-state index contributed by atoms with van der Waals surface area (Å²) in [7, 11) is 0. The SMILES string of the molecule is O=C(CN1CN(c2ccccc2)C2(CCN(C(=O)c3ccccc3)CC2)C1=O)NC1CCCCC1. The number of rotatable bonds is 5. The monoisotopic (exact) mass is 474 g/mol. The largest absolute Gasteiger partial charge is 0.352 e. The number of anilines is 1. The number of hydrogen-bond acceptors (Lipinski definition) is 4. The van der Waals surface area contributed by atoms with Crippen LogP contribution in [-0.2, 0) is 9.59 Å². The van der Waals surface area contributed by atoms with Gasteiger partial charge in [-0.15, -0.1) is 0 Å². The molecule has 7 heteroatoms. The van der Waals surface area contributed by atoms with Gasteiger partial charge in [0, 0.05) is 30.4 Å². The molecule has 0 atom stereocenters. The summed E-state index contributed by atoms with van der Waals surface area (Å²) in [6.07, 6.45) is 6.65. The molecule has 3 fully saturated rings. The predicted molar refractivity (Wildman–Crippen MR) is 135 cm³/mol. The molecule has 0 aromatic heterocycles. The Morgan fingerprint density at radius 1 is 0.886 bits per heavy atom. The number of nitrogens with zero attached hydrogens (tertiary/aromatic N) is 3. The predicted octanol–water partition coefficient (Wildman–Crippen LogP) is 3.42. The molecule has 3 amide bonds. The van der Waals surface area contributed by atoms with Crippen LogP contribution in [0.15, 0.2) is 60.7 Å². The van der Waals surface area contributed by atoms with Crippen molar-refractivity contribution >= 4 is 23.4 Å². The van der Waals surface area contributed by atoms with Crippen molar-refractivity contribution in [2.75, 3.05) is 31.2 Å². The molecule has 2 aromatic rings. The summed E-state index contributed by atoms with van der Waals surface area (Å²) in [4.78, 5) is 45.4. The molecular formula is C28H34N4O3. The molecule has 2 saturated heterocycles. The van der Waals surface area contributed by atoms with E-state index in [2.05, 4.69) is 10.2 Å². The van der Waals surface area contributed by atoms with E-state index in [4.69, 9.17) is 0 Å². The molecule has 0 unspecified atom stereocenters. The fourth-order valence-electron chi connectivity index (χ4n) is 5.86. The Hall–Kier alpha value is -3.35. The molecule has 1 N–H and O–H groups in total. The lowest BCUT2D eigenvalue weighted by Crippen LogP contribution is -2.57. The number of piperidine rings is 1. The number of benzene rings is 2. The minimum absolute atomic E-state index is 0.000808. The standard InChI is InChI=1S/C28H34N4O3/c33-25(29-23-12-6-2-7-13-23)20-31-21-32(24-14-8-3-9-15-24)28(27(31)35)16-18-30(19-17-28)26(34)22-10-4-1-5-11-22/h1,3-5,8-11,14-15,23H,2,6-7,12-13,16-21H2,(H,29,33). The Morgan fingerprint density at radius 3 is 2.17 bits per heavy atom. The number of likely N-dealkylation sites (tertiary alicyclic amines) is 1. The van der Waals surface area contributed by atoms with Gasteiger partial charge >= 0.3 is 0 Å². The third-order valence-corrected chi connectivity index (χ3v) is 7.79. The Kier molecular flexibility index (Phi) is 6.75. The van der Waals surface area contributed by atoms with E-state index in [9.17, 15) is 14.4 Å². The van der Waals surface area contributed by atoms with Crippen molar-refractivity contribution in [3.8, 4) is 0 Å². The summed E-state index contributed by atoms with van der Waals surface area (Å²) in [5.41, 5.74) is 0.904. The van der Waals surface area contributed by atoms with Gasteiger partial charge in [0.2, 0.25) is 5.91 Å². The van der Waals surface area contributed by atoms with Crippen LogP contribution < -0.4 is 10.2 Å². The zero-order valence-electron chi connectivity index (χ0n) is 20.2. The maximum atomic E-state index is 13.8. The van der Waals surface area contributed by atoms with Gasteiger partial charge in [-0.25, -0.2) is 0 Å². The van der Waals surface area contributed by atoms with E-state index in [-0.39, 0.29) is 30.3 Å². The first-order chi connectivity index (χ1) is 17.1. The molecular weight excluding hydrogens is 440 g/mol. The van der Waals surface area contributed by atoms with E-state index >= 15 is 0 Å². The zero-order valence-corrected chi connectivity index (χ0v) is 20.2. The lowest BCUT2D eigenvalue weighted by molar-refractivity contribution is -0.137. The lowest BCUT2D eigenvalue weighted by Gasteiger charge is -2.43. The summed E-state index contributed by atoms with van der Waals surface area (Å²) in [6, 6.07) is 19.5. The highest BCUT2D eigenvalue weighted by molar-refractivity contribution is 5.97. The molecule has 5 rings (SSSR count). The molecule has 3 aliphatic rings. The Labute approximate surface area is 207 Å². The van der Waals surface area contributed by atoms with E-state index in [0.29, 0.717) is 38.2 Å². The van der Waals surface area contributed by atoms with Gasteiger partial charge in [0.05, 0.1) is 6.67 Å². The Balaban J connectivity index is 1.31. The number of carbonyl (C=O) groups excluding carboxylic acids is 3. The number of para-hydroxylation sites is 1. The van der Waals surface area contributed by atoms with Crippen molar-refractivity contribution in [2.45, 2.75) is 56.5 Å². The highest BCUT2D eigenvalue weighted by Gasteiger charge is 2.54. The highest BCUT2D eigenvalue weighted by Crippen LogP contribution is 2.39. The quantitative estimate of drug-likeness (QED) is 0.721. The maximum Gasteiger partial charge on any atom is 0.253 e. The fraction of sp³-hybridized carbons (Fsp3) is 0.464. The highest BCUT2D eigenvalue weighted by atomic mass is 16.2. The van der Waals surface area contributed by atoms with Crippen molar-refractivity contribution in [1.29, 1.82) is 0 Å². The van der Waals surface area contributed by atoms with E-state index in [0.717, 1.165) is 31.4 Å². The van der Waals surface area contributed by atoms with Crippen LogP contribution in [0.5, 0.6) is 0 Å². The second-order valence-corrected chi connectivity index (χ2v) is 10.0. The Morgan fingerprint density at radius 2 is 1.51 bits per heavy atom. The molecule has 35 heavy (non-hydrogen) atoms. The van der Waals surface area contributed by atoms with Crippen LogP contribution in [0, 0.1) is 0 Å². The van der Waals surface area contributed by atoms with Crippen LogP contribution in [0.1, 0.15) is 55.3 Å². The van der Waals surface area contributed by atoms with Gasteiger partial charge in [-0.05, 0) is 49.9 Å². The summed E-state index contributed by atoms with van der Waals surface area (Å²) >= 11 is 0. The number of nitrogens with one attached hydrogen (secondary N) is 1. The topological polar surface area (TPSA) is 73.0 Å². The molecule has 1 saturated carbocycles. The van der Waals surface area contributed by atoms with Crippen molar-refractivity contribution in [3.63, 3.8) is 0 Å². The average molecular weight is 475 g/mol. The van der Waals surface area contributed by atoms with Gasteiger partial charge in [0.15, 0.2) is 0 Å². The fourth-order valence-corrected chi connectivity index (χ4v) is 5.86. The molecule has 7 nitrogen and oxygen atoms in total. The van der Waals surface area contributed by atoms with Crippen molar-refractivity contribution in [2.24, 2.45) is 0 Å². The maximum absolute atomic E-state index is 13.8. The normalized spacial score (nSPS) is 20.3. The third kappa shape index (κ3) is 4.77. The average Bonchev–Trinajstić information content (AvgIpc) is 3.16. The van der Waals surface area contributed by atoms with Crippen LogP contribution in [0.3, 0.4) is 0 Å². The number of carbonyl (C=O) groups is 3. The van der Waals surface area contributed by atoms with E-state index in [1.807, 2.05) is 65.6 Å². The molecule has 2 aliphatic heterocycles. The summed E-state index contributed by atoms with van der Waals surface area (Å²) in [5.74, 6) is -0.0835. The molecule has 2 aromatic carbocycles. The summed E-state index contributed by atoms with van der Waals surface area (Å²) in [5, 5.41) is 3.15. The van der Waals surface area contributed by atoms with Crippen molar-refractivity contribution < 1.29 is 14.4 Å². The first-order valence-corrected chi connectivity index (χ1v) is 12.8. The van der Waals surface area contributed by atoms with Crippen molar-refractivity contribution in [1.82, 2.24) is 15.1 Å². The van der Waals surface area contributed by atoms with E-state index in [1.54, 1.807) is 4.90 Å². The molecule has 1 aliphatic carbocycles. The van der Waals surface area contributed by atoms with Crippen LogP contribution >= 0.6 is 0 Å². The molecule has 1 spiro atoms. The lowest BCUT2D eigenvalue weighted by atomic mass is 9.85.